The number of piperidine rings is 1. The molecular formula is C20H26N6O. The highest BCUT2D eigenvalue weighted by Crippen LogP contribution is 2.25. The quantitative estimate of drug-likeness (QED) is 0.638. The zero-order valence-corrected chi connectivity index (χ0v) is 15.5. The minimum atomic E-state index is -0.473. The number of hydrogen-bond acceptors (Lipinski definition) is 6. The zero-order valence-electron chi connectivity index (χ0n) is 15.5. The predicted octanol–water partition coefficient (Wildman–Crippen LogP) is 1.80. The average molecular weight is 366 g/mol. The average Bonchev–Trinajstić information content (AvgIpc) is 3.09. The number of aromatic nitrogens is 3. The first-order valence-corrected chi connectivity index (χ1v) is 9.40. The number of aliphatic hydroxyl groups excluding tert-OH is 1. The summed E-state index contributed by atoms with van der Waals surface area (Å²) in [5.41, 5.74) is 9.25. The second-order valence-corrected chi connectivity index (χ2v) is 7.27. The van der Waals surface area contributed by atoms with E-state index in [9.17, 15) is 5.11 Å². The summed E-state index contributed by atoms with van der Waals surface area (Å²) in [5, 5.41) is 17.9. The molecule has 1 aliphatic heterocycles. The van der Waals surface area contributed by atoms with Gasteiger partial charge in [-0.2, -0.15) is 5.10 Å². The highest BCUT2D eigenvalue weighted by Gasteiger charge is 2.25. The van der Waals surface area contributed by atoms with E-state index in [1.165, 1.54) is 5.56 Å². The van der Waals surface area contributed by atoms with Gasteiger partial charge in [0.05, 0.1) is 12.1 Å². The van der Waals surface area contributed by atoms with E-state index in [-0.39, 0.29) is 12.1 Å². The Labute approximate surface area is 158 Å². The molecule has 0 radical (unpaired) electrons. The van der Waals surface area contributed by atoms with Crippen LogP contribution in [0.15, 0.2) is 48.9 Å². The van der Waals surface area contributed by atoms with Gasteiger partial charge in [0.2, 0.25) is 0 Å². The molecule has 3 aromatic rings. The summed E-state index contributed by atoms with van der Waals surface area (Å²) < 4.78 is 1.86. The summed E-state index contributed by atoms with van der Waals surface area (Å²) in [6.45, 7) is 4.34. The number of anilines is 1. The maximum atomic E-state index is 10.1. The smallest absolute Gasteiger partial charge is 0.154 e. The third-order valence-electron chi connectivity index (χ3n) is 5.30. The number of hydrogen-bond donors (Lipinski definition) is 3. The van der Waals surface area contributed by atoms with E-state index in [1.807, 2.05) is 28.9 Å². The number of nitrogens with zero attached hydrogens (tertiary/aromatic N) is 4. The van der Waals surface area contributed by atoms with Crippen molar-refractivity contribution >= 4 is 11.3 Å². The molecule has 1 saturated heterocycles. The molecule has 0 aliphatic carbocycles. The van der Waals surface area contributed by atoms with Gasteiger partial charge in [0.25, 0.3) is 0 Å². The van der Waals surface area contributed by atoms with Crippen LogP contribution in [0.4, 0.5) is 5.82 Å². The van der Waals surface area contributed by atoms with Crippen LogP contribution in [0.5, 0.6) is 0 Å². The van der Waals surface area contributed by atoms with Gasteiger partial charge >= 0.3 is 0 Å². The highest BCUT2D eigenvalue weighted by molar-refractivity contribution is 5.72. The molecule has 2 aromatic heterocycles. The Kier molecular flexibility index (Phi) is 5.07. The molecule has 0 saturated carbocycles. The van der Waals surface area contributed by atoms with Crippen molar-refractivity contribution in [3.63, 3.8) is 0 Å². The Hall–Kier alpha value is -2.48. The maximum Gasteiger partial charge on any atom is 0.154 e. The van der Waals surface area contributed by atoms with Crippen molar-refractivity contribution < 1.29 is 5.11 Å². The molecule has 142 valence electrons. The molecule has 4 rings (SSSR count). The van der Waals surface area contributed by atoms with Crippen LogP contribution in [-0.2, 0) is 6.54 Å². The molecule has 1 fully saturated rings. The van der Waals surface area contributed by atoms with Crippen molar-refractivity contribution in [1.82, 2.24) is 19.5 Å². The lowest BCUT2D eigenvalue weighted by Crippen LogP contribution is -2.50. The first-order chi connectivity index (χ1) is 13.1. The lowest BCUT2D eigenvalue weighted by atomic mass is 10.0. The van der Waals surface area contributed by atoms with Gasteiger partial charge in [-0.05, 0) is 30.5 Å². The van der Waals surface area contributed by atoms with E-state index in [1.54, 1.807) is 6.33 Å². The van der Waals surface area contributed by atoms with Crippen LogP contribution in [0, 0.1) is 0 Å². The number of benzene rings is 1. The van der Waals surface area contributed by atoms with Gasteiger partial charge in [-0.3, -0.25) is 4.90 Å². The molecule has 4 N–H and O–H groups in total. The molecule has 3 atom stereocenters. The summed E-state index contributed by atoms with van der Waals surface area (Å²) in [4.78, 5) is 6.73. The minimum Gasteiger partial charge on any atom is -0.390 e. The molecule has 1 aromatic carbocycles. The lowest BCUT2D eigenvalue weighted by Gasteiger charge is -2.33. The number of nitrogens with two attached hydrogens (primary N) is 1. The highest BCUT2D eigenvalue weighted by atomic mass is 16.3. The summed E-state index contributed by atoms with van der Waals surface area (Å²) in [6.07, 6.45) is 3.86. The molecule has 0 spiro atoms. The SMILES string of the molecule is C[C@H](Nc1ncnn2ccc(CN3CC[C@@H](N)[C@H](O)C3)c12)c1ccccc1. The summed E-state index contributed by atoms with van der Waals surface area (Å²) in [6, 6.07) is 12.4. The fourth-order valence-corrected chi connectivity index (χ4v) is 3.68. The summed E-state index contributed by atoms with van der Waals surface area (Å²) in [7, 11) is 0. The van der Waals surface area contributed by atoms with E-state index in [0.29, 0.717) is 6.54 Å². The number of β-amino-alcohol motifs (C(OH)–C–C–N with tert-alkyl or cyclic N) is 1. The van der Waals surface area contributed by atoms with Crippen LogP contribution in [-0.4, -0.2) is 49.8 Å². The Bertz CT molecular complexity index is 896. The molecule has 3 heterocycles. The predicted molar refractivity (Wildman–Crippen MR) is 105 cm³/mol. The van der Waals surface area contributed by atoms with Crippen LogP contribution in [0.25, 0.3) is 5.52 Å². The van der Waals surface area contributed by atoms with E-state index in [2.05, 4.69) is 45.4 Å². The molecule has 7 heteroatoms. The van der Waals surface area contributed by atoms with Crippen LogP contribution in [0.2, 0.25) is 0 Å². The zero-order chi connectivity index (χ0) is 18.8. The van der Waals surface area contributed by atoms with Crippen LogP contribution >= 0.6 is 0 Å². The van der Waals surface area contributed by atoms with Gasteiger partial charge in [0.15, 0.2) is 5.82 Å². The Morgan fingerprint density at radius 2 is 2.11 bits per heavy atom. The van der Waals surface area contributed by atoms with Crippen LogP contribution < -0.4 is 11.1 Å². The number of rotatable bonds is 5. The van der Waals surface area contributed by atoms with Gasteiger partial charge < -0.3 is 16.2 Å². The normalized spacial score (nSPS) is 22.0. The molecule has 0 amide bonds. The van der Waals surface area contributed by atoms with Gasteiger partial charge in [0.1, 0.15) is 11.8 Å². The molecule has 7 nitrogen and oxygen atoms in total. The van der Waals surface area contributed by atoms with Gasteiger partial charge in [0, 0.05) is 31.9 Å². The third-order valence-corrected chi connectivity index (χ3v) is 5.30. The third kappa shape index (κ3) is 3.80. The minimum absolute atomic E-state index is 0.126. The van der Waals surface area contributed by atoms with Crippen LogP contribution in [0.3, 0.4) is 0 Å². The summed E-state index contributed by atoms with van der Waals surface area (Å²) >= 11 is 0. The molecule has 27 heavy (non-hydrogen) atoms. The standard InChI is InChI=1S/C20H26N6O/c1-14(15-5-3-2-4-6-15)24-20-19-16(7-10-26(19)23-13-22-20)11-25-9-8-17(21)18(27)12-25/h2-7,10,13-14,17-18,27H,8-9,11-12,21H2,1H3,(H,22,23,24)/t14-,17+,18+/m0/s1. The number of likely N-dealkylation sites (tertiary alicyclic amines) is 1. The second-order valence-electron chi connectivity index (χ2n) is 7.27. The van der Waals surface area contributed by atoms with Crippen molar-refractivity contribution in [3.8, 4) is 0 Å². The first kappa shape index (κ1) is 17.9. The monoisotopic (exact) mass is 366 g/mol. The first-order valence-electron chi connectivity index (χ1n) is 9.40. The van der Waals surface area contributed by atoms with Crippen molar-refractivity contribution in [1.29, 1.82) is 0 Å². The van der Waals surface area contributed by atoms with Crippen LogP contribution in [0.1, 0.15) is 30.5 Å². The maximum absolute atomic E-state index is 10.1. The Balaban J connectivity index is 1.58. The van der Waals surface area contributed by atoms with Crippen molar-refractivity contribution in [2.75, 3.05) is 18.4 Å². The number of aliphatic hydroxyl groups is 1. The van der Waals surface area contributed by atoms with Gasteiger partial charge in [-0.1, -0.05) is 30.3 Å². The van der Waals surface area contributed by atoms with E-state index in [4.69, 9.17) is 5.73 Å². The van der Waals surface area contributed by atoms with E-state index in [0.717, 1.165) is 36.4 Å². The summed E-state index contributed by atoms with van der Waals surface area (Å²) in [5.74, 6) is 0.815. The van der Waals surface area contributed by atoms with Gasteiger partial charge in [-0.25, -0.2) is 9.50 Å². The number of fused-ring (bicyclic) bond motifs is 1. The fraction of sp³-hybridized carbons (Fsp3) is 0.400. The Morgan fingerprint density at radius 3 is 2.89 bits per heavy atom. The van der Waals surface area contributed by atoms with Crippen molar-refractivity contribution in [3.05, 3.63) is 60.0 Å². The second kappa shape index (κ2) is 7.64. The molecule has 1 aliphatic rings. The Morgan fingerprint density at radius 1 is 1.30 bits per heavy atom. The largest absolute Gasteiger partial charge is 0.390 e. The molecule has 0 unspecified atom stereocenters. The van der Waals surface area contributed by atoms with Gasteiger partial charge in [-0.15, -0.1) is 0 Å². The molecular weight excluding hydrogens is 340 g/mol. The molecule has 0 bridgehead atoms. The topological polar surface area (TPSA) is 91.7 Å². The number of nitrogens with one attached hydrogen (secondary N) is 1. The lowest BCUT2D eigenvalue weighted by molar-refractivity contribution is 0.0501. The fourth-order valence-electron chi connectivity index (χ4n) is 3.68. The van der Waals surface area contributed by atoms with E-state index < -0.39 is 6.10 Å². The van der Waals surface area contributed by atoms with E-state index >= 15 is 0 Å². The van der Waals surface area contributed by atoms with Crippen molar-refractivity contribution in [2.45, 2.75) is 38.1 Å². The van der Waals surface area contributed by atoms with Crippen molar-refractivity contribution in [2.24, 2.45) is 5.73 Å².